The molecule has 0 aromatic rings. The average Bonchev–Trinajstić information content (AvgIpc) is 2.02. The van der Waals surface area contributed by atoms with Crippen molar-refractivity contribution in [3.8, 4) is 0 Å². The van der Waals surface area contributed by atoms with E-state index in [0.717, 1.165) is 19.0 Å². The molecule has 0 saturated heterocycles. The zero-order chi connectivity index (χ0) is 10.3. The molecule has 0 aromatic heterocycles. The van der Waals surface area contributed by atoms with Gasteiger partial charge in [-0.25, -0.2) is 0 Å². The first-order valence-electron chi connectivity index (χ1n) is 4.82. The van der Waals surface area contributed by atoms with Gasteiger partial charge in [0, 0.05) is 0 Å². The highest BCUT2D eigenvalue weighted by atomic mass is 32.1. The molecule has 0 aliphatic rings. The molecule has 2 heteroatoms. The van der Waals surface area contributed by atoms with Crippen molar-refractivity contribution < 1.29 is 4.74 Å². The van der Waals surface area contributed by atoms with E-state index < -0.39 is 0 Å². The minimum atomic E-state index is 0.289. The van der Waals surface area contributed by atoms with Crippen LogP contribution in [0.2, 0.25) is 0 Å². The molecule has 0 amide bonds. The van der Waals surface area contributed by atoms with E-state index in [2.05, 4.69) is 33.4 Å². The number of allylic oxidation sites excluding steroid dienone is 1. The Kier molecular flexibility index (Phi) is 6.52. The lowest BCUT2D eigenvalue weighted by atomic mass is 9.82. The van der Waals surface area contributed by atoms with Gasteiger partial charge in [0.2, 0.25) is 0 Å². The number of thiol groups is 1. The van der Waals surface area contributed by atoms with Crippen LogP contribution < -0.4 is 0 Å². The van der Waals surface area contributed by atoms with Gasteiger partial charge in [-0.2, -0.15) is 12.6 Å². The number of hydrogen-bond donors (Lipinski definition) is 1. The summed E-state index contributed by atoms with van der Waals surface area (Å²) in [7, 11) is 0. The third kappa shape index (κ3) is 6.17. The Morgan fingerprint density at radius 1 is 1.38 bits per heavy atom. The largest absolute Gasteiger partial charge is 0.377 e. The molecular formula is C11H22OS. The van der Waals surface area contributed by atoms with E-state index in [0.29, 0.717) is 5.92 Å². The van der Waals surface area contributed by atoms with Crippen LogP contribution in [0.25, 0.3) is 0 Å². The summed E-state index contributed by atoms with van der Waals surface area (Å²) in [6.07, 6.45) is 4.03. The van der Waals surface area contributed by atoms with Gasteiger partial charge in [0.05, 0.1) is 13.2 Å². The molecule has 0 heterocycles. The lowest BCUT2D eigenvalue weighted by molar-refractivity contribution is 0.0832. The topological polar surface area (TPSA) is 9.23 Å². The Morgan fingerprint density at radius 3 is 2.38 bits per heavy atom. The molecule has 0 saturated carbocycles. The average molecular weight is 202 g/mol. The summed E-state index contributed by atoms with van der Waals surface area (Å²) >= 11 is 4.34. The minimum absolute atomic E-state index is 0.289. The fourth-order valence-corrected chi connectivity index (χ4v) is 1.60. The second kappa shape index (κ2) is 6.50. The standard InChI is InChI=1S/C11H22OS/c1-5-6-7-12-8-10(9-13)11(2,3)4/h5-6,10,13H,7-9H2,1-4H3. The maximum Gasteiger partial charge on any atom is 0.0647 e. The zero-order valence-electron chi connectivity index (χ0n) is 9.21. The molecule has 0 N–H and O–H groups in total. The molecule has 1 atom stereocenters. The lowest BCUT2D eigenvalue weighted by Crippen LogP contribution is -2.26. The Bertz CT molecular complexity index is 147. The SMILES string of the molecule is CC=CCOCC(CS)C(C)(C)C. The van der Waals surface area contributed by atoms with Crippen LogP contribution >= 0.6 is 12.6 Å². The summed E-state index contributed by atoms with van der Waals surface area (Å²) in [5.74, 6) is 1.42. The highest BCUT2D eigenvalue weighted by Gasteiger charge is 2.22. The van der Waals surface area contributed by atoms with Crippen molar-refractivity contribution in [2.75, 3.05) is 19.0 Å². The van der Waals surface area contributed by atoms with Gasteiger partial charge in [0.1, 0.15) is 0 Å². The third-order valence-corrected chi connectivity index (χ3v) is 2.65. The summed E-state index contributed by atoms with van der Waals surface area (Å²) in [6, 6.07) is 0. The second-order valence-electron chi connectivity index (χ2n) is 4.35. The normalized spacial score (nSPS) is 15.2. The molecule has 0 aliphatic carbocycles. The third-order valence-electron chi connectivity index (χ3n) is 2.21. The van der Waals surface area contributed by atoms with Crippen molar-refractivity contribution in [1.82, 2.24) is 0 Å². The van der Waals surface area contributed by atoms with Crippen molar-refractivity contribution in [2.45, 2.75) is 27.7 Å². The Balaban J connectivity index is 3.73. The summed E-state index contributed by atoms with van der Waals surface area (Å²) < 4.78 is 5.52. The lowest BCUT2D eigenvalue weighted by Gasteiger charge is -2.28. The van der Waals surface area contributed by atoms with E-state index in [1.165, 1.54) is 0 Å². The predicted molar refractivity (Wildman–Crippen MR) is 62.4 cm³/mol. The molecule has 1 unspecified atom stereocenters. The highest BCUT2D eigenvalue weighted by Crippen LogP contribution is 2.26. The van der Waals surface area contributed by atoms with Gasteiger partial charge in [-0.1, -0.05) is 32.9 Å². The molecule has 0 bridgehead atoms. The van der Waals surface area contributed by atoms with Gasteiger partial charge in [-0.15, -0.1) is 0 Å². The van der Waals surface area contributed by atoms with Crippen LogP contribution in [0.1, 0.15) is 27.7 Å². The number of hydrogen-bond acceptors (Lipinski definition) is 2. The van der Waals surface area contributed by atoms with Crippen LogP contribution in [0.3, 0.4) is 0 Å². The van der Waals surface area contributed by atoms with Gasteiger partial charge in [0.15, 0.2) is 0 Å². The van der Waals surface area contributed by atoms with Crippen LogP contribution in [-0.2, 0) is 4.74 Å². The van der Waals surface area contributed by atoms with Crippen LogP contribution in [0, 0.1) is 11.3 Å². The molecule has 78 valence electrons. The van der Waals surface area contributed by atoms with Crippen molar-refractivity contribution in [3.63, 3.8) is 0 Å². The molecule has 0 aliphatic heterocycles. The first kappa shape index (κ1) is 13.1. The Hall–Kier alpha value is 0.0500. The second-order valence-corrected chi connectivity index (χ2v) is 4.72. The van der Waals surface area contributed by atoms with Crippen molar-refractivity contribution in [2.24, 2.45) is 11.3 Å². The number of rotatable bonds is 5. The van der Waals surface area contributed by atoms with Crippen LogP contribution in [0.4, 0.5) is 0 Å². The fraction of sp³-hybridized carbons (Fsp3) is 0.818. The predicted octanol–water partition coefficient (Wildman–Crippen LogP) is 3.17. The molecule has 13 heavy (non-hydrogen) atoms. The summed E-state index contributed by atoms with van der Waals surface area (Å²) in [4.78, 5) is 0. The van der Waals surface area contributed by atoms with Gasteiger partial charge >= 0.3 is 0 Å². The van der Waals surface area contributed by atoms with E-state index in [9.17, 15) is 0 Å². The summed E-state index contributed by atoms with van der Waals surface area (Å²) in [6.45, 7) is 10.2. The van der Waals surface area contributed by atoms with Crippen molar-refractivity contribution >= 4 is 12.6 Å². The molecular weight excluding hydrogens is 180 g/mol. The maximum absolute atomic E-state index is 5.52. The van der Waals surface area contributed by atoms with Crippen molar-refractivity contribution in [1.29, 1.82) is 0 Å². The van der Waals surface area contributed by atoms with E-state index >= 15 is 0 Å². The van der Waals surface area contributed by atoms with Gasteiger partial charge in [-0.3, -0.25) is 0 Å². The van der Waals surface area contributed by atoms with E-state index in [-0.39, 0.29) is 5.41 Å². The fourth-order valence-electron chi connectivity index (χ4n) is 0.951. The quantitative estimate of drug-likeness (QED) is 0.409. The van der Waals surface area contributed by atoms with Crippen LogP contribution in [-0.4, -0.2) is 19.0 Å². The summed E-state index contributed by atoms with van der Waals surface area (Å²) in [5.41, 5.74) is 0.289. The van der Waals surface area contributed by atoms with Crippen molar-refractivity contribution in [3.05, 3.63) is 12.2 Å². The Morgan fingerprint density at radius 2 is 2.00 bits per heavy atom. The molecule has 0 aromatic carbocycles. The molecule has 0 fully saturated rings. The van der Waals surface area contributed by atoms with Crippen LogP contribution in [0.5, 0.6) is 0 Å². The van der Waals surface area contributed by atoms with E-state index in [1.54, 1.807) is 0 Å². The highest BCUT2D eigenvalue weighted by molar-refractivity contribution is 7.80. The Labute approximate surface area is 88.0 Å². The number of ether oxygens (including phenoxy) is 1. The van der Waals surface area contributed by atoms with E-state index in [4.69, 9.17) is 4.74 Å². The minimum Gasteiger partial charge on any atom is -0.377 e. The molecule has 0 spiro atoms. The monoisotopic (exact) mass is 202 g/mol. The first-order chi connectivity index (χ1) is 6.02. The van der Waals surface area contributed by atoms with E-state index in [1.807, 2.05) is 19.1 Å². The van der Waals surface area contributed by atoms with Gasteiger partial charge in [-0.05, 0) is 24.0 Å². The zero-order valence-corrected chi connectivity index (χ0v) is 10.1. The molecule has 0 rings (SSSR count). The maximum atomic E-state index is 5.52. The van der Waals surface area contributed by atoms with Gasteiger partial charge in [0.25, 0.3) is 0 Å². The first-order valence-corrected chi connectivity index (χ1v) is 5.45. The van der Waals surface area contributed by atoms with Crippen LogP contribution in [0.15, 0.2) is 12.2 Å². The molecule has 0 radical (unpaired) electrons. The molecule has 1 nitrogen and oxygen atoms in total. The smallest absolute Gasteiger partial charge is 0.0647 e. The summed E-state index contributed by atoms with van der Waals surface area (Å²) in [5, 5.41) is 0. The van der Waals surface area contributed by atoms with Gasteiger partial charge < -0.3 is 4.74 Å².